The maximum Gasteiger partial charge on any atom is 0.341 e. The molecule has 1 saturated carbocycles. The molecule has 28 heavy (non-hydrogen) atoms. The first kappa shape index (κ1) is 20.5. The molecule has 2 fully saturated rings. The summed E-state index contributed by atoms with van der Waals surface area (Å²) in [5.74, 6) is -0.503. The summed E-state index contributed by atoms with van der Waals surface area (Å²) in [6.07, 6.45) is 6.42. The molecule has 0 radical (unpaired) electrons. The average Bonchev–Trinajstić information content (AvgIpc) is 2.69. The second-order valence-electron chi connectivity index (χ2n) is 7.52. The van der Waals surface area contributed by atoms with Gasteiger partial charge in [-0.25, -0.2) is 14.8 Å². The summed E-state index contributed by atoms with van der Waals surface area (Å²) in [6, 6.07) is 2.09. The molecule has 1 aliphatic heterocycles. The number of amides is 1. The fourth-order valence-electron chi connectivity index (χ4n) is 3.98. The fourth-order valence-corrected chi connectivity index (χ4v) is 3.98. The molecule has 1 aromatic heterocycles. The number of primary amides is 1. The standard InChI is InChI=1S/C20H31N5O3/c1-3-28-20(27)17-13-16(18(21)26)14(2)22-19(17)24-9-11-25(12-10-24)23-15-7-5-4-6-8-15/h13,15,23H,3-12H2,1-2H3,(H2,21,26). The van der Waals surface area contributed by atoms with E-state index in [4.69, 9.17) is 10.5 Å². The van der Waals surface area contributed by atoms with Gasteiger partial charge in [-0.3, -0.25) is 10.2 Å². The number of esters is 1. The molecular weight excluding hydrogens is 358 g/mol. The summed E-state index contributed by atoms with van der Waals surface area (Å²) < 4.78 is 5.18. The molecule has 0 spiro atoms. The SMILES string of the molecule is CCOC(=O)c1cc(C(N)=O)c(C)nc1N1CCN(NC2CCCCC2)CC1. The van der Waals surface area contributed by atoms with E-state index in [0.29, 0.717) is 23.1 Å². The van der Waals surface area contributed by atoms with Gasteiger partial charge < -0.3 is 15.4 Å². The van der Waals surface area contributed by atoms with Gasteiger partial charge >= 0.3 is 5.97 Å². The molecule has 0 atom stereocenters. The molecule has 3 N–H and O–H groups in total. The first-order valence-corrected chi connectivity index (χ1v) is 10.2. The van der Waals surface area contributed by atoms with Crippen molar-refractivity contribution in [2.24, 2.45) is 5.73 Å². The van der Waals surface area contributed by atoms with Crippen molar-refractivity contribution >= 4 is 17.7 Å². The summed E-state index contributed by atoms with van der Waals surface area (Å²) in [5, 5.41) is 2.28. The molecule has 1 aromatic rings. The molecule has 2 aliphatic rings. The Kier molecular flexibility index (Phi) is 6.85. The lowest BCUT2D eigenvalue weighted by Gasteiger charge is -2.38. The molecule has 8 nitrogen and oxygen atoms in total. The number of nitrogens with one attached hydrogen (secondary N) is 1. The van der Waals surface area contributed by atoms with E-state index in [1.54, 1.807) is 13.8 Å². The third kappa shape index (κ3) is 4.80. The number of carbonyl (C=O) groups is 2. The smallest absolute Gasteiger partial charge is 0.341 e. The Hall–Kier alpha value is -2.19. The number of aryl methyl sites for hydroxylation is 1. The van der Waals surface area contributed by atoms with Crippen LogP contribution in [0.5, 0.6) is 0 Å². The molecule has 1 saturated heterocycles. The Morgan fingerprint density at radius 2 is 1.86 bits per heavy atom. The third-order valence-electron chi connectivity index (χ3n) is 5.50. The third-order valence-corrected chi connectivity index (χ3v) is 5.50. The molecule has 0 aromatic carbocycles. The molecule has 2 heterocycles. The van der Waals surface area contributed by atoms with Gasteiger partial charge in [-0.2, -0.15) is 0 Å². The van der Waals surface area contributed by atoms with Gasteiger partial charge in [-0.15, -0.1) is 0 Å². The van der Waals surface area contributed by atoms with Gasteiger partial charge in [0.25, 0.3) is 5.91 Å². The average molecular weight is 390 g/mol. The normalized spacial score (nSPS) is 18.9. The van der Waals surface area contributed by atoms with Gasteiger partial charge in [0.15, 0.2) is 0 Å². The molecule has 1 aliphatic carbocycles. The van der Waals surface area contributed by atoms with Crippen molar-refractivity contribution in [2.75, 3.05) is 37.7 Å². The van der Waals surface area contributed by atoms with E-state index in [9.17, 15) is 9.59 Å². The van der Waals surface area contributed by atoms with Crippen LogP contribution >= 0.6 is 0 Å². The van der Waals surface area contributed by atoms with Crippen LogP contribution in [0.25, 0.3) is 0 Å². The van der Waals surface area contributed by atoms with Gasteiger partial charge in [-0.05, 0) is 32.8 Å². The first-order valence-electron chi connectivity index (χ1n) is 10.2. The van der Waals surface area contributed by atoms with Gasteiger partial charge in [0.2, 0.25) is 0 Å². The van der Waals surface area contributed by atoms with Crippen LogP contribution in [0.4, 0.5) is 5.82 Å². The lowest BCUT2D eigenvalue weighted by molar-refractivity contribution is 0.0526. The maximum atomic E-state index is 12.5. The van der Waals surface area contributed by atoms with Gasteiger partial charge in [0.1, 0.15) is 11.4 Å². The Balaban J connectivity index is 1.72. The van der Waals surface area contributed by atoms with E-state index in [1.165, 1.54) is 38.2 Å². The van der Waals surface area contributed by atoms with Crippen molar-refractivity contribution < 1.29 is 14.3 Å². The predicted octanol–water partition coefficient (Wildman–Crippen LogP) is 1.62. The van der Waals surface area contributed by atoms with Crippen molar-refractivity contribution in [2.45, 2.75) is 52.0 Å². The Morgan fingerprint density at radius 1 is 1.18 bits per heavy atom. The number of aromatic nitrogens is 1. The Morgan fingerprint density at radius 3 is 2.46 bits per heavy atom. The highest BCUT2D eigenvalue weighted by Gasteiger charge is 2.27. The number of rotatable bonds is 6. The van der Waals surface area contributed by atoms with Crippen molar-refractivity contribution in [3.05, 3.63) is 22.9 Å². The minimum Gasteiger partial charge on any atom is -0.462 e. The number of anilines is 1. The number of hydrogen-bond donors (Lipinski definition) is 2. The van der Waals surface area contributed by atoms with Gasteiger partial charge in [0, 0.05) is 32.2 Å². The minimum absolute atomic E-state index is 0.254. The highest BCUT2D eigenvalue weighted by atomic mass is 16.5. The largest absolute Gasteiger partial charge is 0.462 e. The molecule has 1 amide bonds. The summed E-state index contributed by atoms with van der Waals surface area (Å²) in [7, 11) is 0. The van der Waals surface area contributed by atoms with Crippen LogP contribution in [0.15, 0.2) is 6.07 Å². The number of nitrogens with zero attached hydrogens (tertiary/aromatic N) is 3. The van der Waals surface area contributed by atoms with E-state index in [-0.39, 0.29) is 12.2 Å². The van der Waals surface area contributed by atoms with E-state index < -0.39 is 11.9 Å². The Labute approximate surface area is 166 Å². The highest BCUT2D eigenvalue weighted by molar-refractivity contribution is 6.00. The number of hydrogen-bond acceptors (Lipinski definition) is 7. The zero-order valence-electron chi connectivity index (χ0n) is 16.9. The monoisotopic (exact) mass is 389 g/mol. The summed E-state index contributed by atoms with van der Waals surface area (Å²) in [4.78, 5) is 30.8. The van der Waals surface area contributed by atoms with Crippen LogP contribution < -0.4 is 16.1 Å². The Bertz CT molecular complexity index is 710. The minimum atomic E-state index is -0.594. The number of nitrogens with two attached hydrogens (primary N) is 1. The number of piperazine rings is 1. The van der Waals surface area contributed by atoms with Crippen molar-refractivity contribution in [1.29, 1.82) is 0 Å². The lowest BCUT2D eigenvalue weighted by atomic mass is 9.96. The van der Waals surface area contributed by atoms with Crippen molar-refractivity contribution in [3.8, 4) is 0 Å². The zero-order valence-corrected chi connectivity index (χ0v) is 16.9. The summed E-state index contributed by atoms with van der Waals surface area (Å²) >= 11 is 0. The lowest BCUT2D eigenvalue weighted by Crippen LogP contribution is -2.55. The van der Waals surface area contributed by atoms with E-state index in [1.807, 2.05) is 0 Å². The predicted molar refractivity (Wildman–Crippen MR) is 107 cm³/mol. The van der Waals surface area contributed by atoms with Crippen molar-refractivity contribution in [3.63, 3.8) is 0 Å². The maximum absolute atomic E-state index is 12.5. The van der Waals surface area contributed by atoms with Crippen LogP contribution in [0, 0.1) is 6.92 Å². The van der Waals surface area contributed by atoms with E-state index in [0.717, 1.165) is 26.2 Å². The number of carbonyl (C=O) groups excluding carboxylic acids is 2. The van der Waals surface area contributed by atoms with E-state index in [2.05, 4.69) is 20.3 Å². The number of hydrazine groups is 1. The second kappa shape index (κ2) is 9.34. The summed E-state index contributed by atoms with van der Waals surface area (Å²) in [6.45, 7) is 6.93. The van der Waals surface area contributed by atoms with Crippen LogP contribution in [-0.4, -0.2) is 60.7 Å². The van der Waals surface area contributed by atoms with Crippen LogP contribution in [0.3, 0.4) is 0 Å². The molecule has 8 heteroatoms. The first-order chi connectivity index (χ1) is 13.5. The van der Waals surface area contributed by atoms with Crippen LogP contribution in [0.2, 0.25) is 0 Å². The van der Waals surface area contributed by atoms with Crippen molar-refractivity contribution in [1.82, 2.24) is 15.4 Å². The fraction of sp³-hybridized carbons (Fsp3) is 0.650. The molecule has 0 unspecified atom stereocenters. The molecule has 0 bridgehead atoms. The van der Waals surface area contributed by atoms with Crippen LogP contribution in [0.1, 0.15) is 65.4 Å². The molecule has 3 rings (SSSR count). The van der Waals surface area contributed by atoms with Gasteiger partial charge in [-0.1, -0.05) is 19.3 Å². The van der Waals surface area contributed by atoms with Crippen LogP contribution in [-0.2, 0) is 4.74 Å². The molecular formula is C20H31N5O3. The molecule has 154 valence electrons. The quantitative estimate of drug-likeness (QED) is 0.713. The zero-order chi connectivity index (χ0) is 20.1. The number of ether oxygens (including phenoxy) is 1. The van der Waals surface area contributed by atoms with Gasteiger partial charge in [0.05, 0.1) is 17.9 Å². The highest BCUT2D eigenvalue weighted by Crippen LogP contribution is 2.24. The topological polar surface area (TPSA) is 101 Å². The second-order valence-corrected chi connectivity index (χ2v) is 7.52. The summed E-state index contributed by atoms with van der Waals surface area (Å²) in [5.41, 5.74) is 10.2. The van der Waals surface area contributed by atoms with E-state index >= 15 is 0 Å². The number of pyridine rings is 1.